The summed E-state index contributed by atoms with van der Waals surface area (Å²) in [6.45, 7) is 5.05. The third-order valence-corrected chi connectivity index (χ3v) is 3.66. The van der Waals surface area contributed by atoms with Gasteiger partial charge >= 0.3 is 0 Å². The van der Waals surface area contributed by atoms with E-state index in [9.17, 15) is 0 Å². The van der Waals surface area contributed by atoms with Gasteiger partial charge in [0.15, 0.2) is 0 Å². The molecule has 0 heterocycles. The maximum atomic E-state index is 5.65. The van der Waals surface area contributed by atoms with E-state index in [1.807, 2.05) is 6.92 Å². The zero-order valence-corrected chi connectivity index (χ0v) is 10.2. The highest BCUT2D eigenvalue weighted by atomic mass is 79.9. The van der Waals surface area contributed by atoms with Crippen molar-refractivity contribution in [1.29, 1.82) is 0 Å². The van der Waals surface area contributed by atoms with Gasteiger partial charge in [0.05, 0.1) is 6.61 Å². The highest BCUT2D eigenvalue weighted by molar-refractivity contribution is 9.09. The summed E-state index contributed by atoms with van der Waals surface area (Å²) in [6, 6.07) is 6.35. The third kappa shape index (κ3) is 1.56. The fourth-order valence-corrected chi connectivity index (χ4v) is 3.16. The second kappa shape index (κ2) is 3.93. The van der Waals surface area contributed by atoms with Gasteiger partial charge in [0.25, 0.3) is 0 Å². The molecule has 0 saturated heterocycles. The van der Waals surface area contributed by atoms with Crippen LogP contribution in [0.5, 0.6) is 5.75 Å². The van der Waals surface area contributed by atoms with E-state index in [4.69, 9.17) is 4.74 Å². The quantitative estimate of drug-likeness (QED) is 0.725. The van der Waals surface area contributed by atoms with Gasteiger partial charge in [-0.05, 0) is 30.9 Å². The molecule has 1 aliphatic carbocycles. The fraction of sp³-hybridized carbons (Fsp3) is 0.500. The van der Waals surface area contributed by atoms with Crippen molar-refractivity contribution in [1.82, 2.24) is 0 Å². The predicted octanol–water partition coefficient (Wildman–Crippen LogP) is 4.03. The van der Waals surface area contributed by atoms with Crippen LogP contribution < -0.4 is 4.74 Å². The summed E-state index contributed by atoms with van der Waals surface area (Å²) in [4.78, 5) is 0.507. The maximum Gasteiger partial charge on any atom is 0.123 e. The summed E-state index contributed by atoms with van der Waals surface area (Å²) in [7, 11) is 0. The number of rotatable bonds is 2. The largest absolute Gasteiger partial charge is 0.494 e. The lowest BCUT2D eigenvalue weighted by atomic mass is 10.0. The van der Waals surface area contributed by atoms with Crippen molar-refractivity contribution < 1.29 is 4.74 Å². The minimum Gasteiger partial charge on any atom is -0.494 e. The van der Waals surface area contributed by atoms with Gasteiger partial charge in [-0.3, -0.25) is 0 Å². The molecule has 0 amide bonds. The van der Waals surface area contributed by atoms with Crippen LogP contribution >= 0.6 is 15.9 Å². The van der Waals surface area contributed by atoms with Crippen LogP contribution in [0.15, 0.2) is 18.2 Å². The fourth-order valence-electron chi connectivity index (χ4n) is 2.20. The zero-order valence-electron chi connectivity index (χ0n) is 8.59. The van der Waals surface area contributed by atoms with E-state index in [-0.39, 0.29) is 0 Å². The first-order valence-corrected chi connectivity index (χ1v) is 6.05. The van der Waals surface area contributed by atoms with Crippen LogP contribution in [-0.2, 0) is 0 Å². The first-order chi connectivity index (χ1) is 6.74. The number of hydrogen-bond donors (Lipinski definition) is 0. The van der Waals surface area contributed by atoms with Crippen molar-refractivity contribution in [2.45, 2.75) is 31.0 Å². The van der Waals surface area contributed by atoms with E-state index in [1.165, 1.54) is 17.5 Å². The molecule has 0 saturated carbocycles. The Kier molecular flexibility index (Phi) is 2.82. The number of benzene rings is 1. The molecule has 2 unspecified atom stereocenters. The van der Waals surface area contributed by atoms with Crippen LogP contribution in [0.2, 0.25) is 0 Å². The van der Waals surface area contributed by atoms with E-state index in [0.717, 1.165) is 12.4 Å². The van der Waals surface area contributed by atoms with Crippen LogP contribution in [0, 0.1) is 0 Å². The zero-order chi connectivity index (χ0) is 10.1. The van der Waals surface area contributed by atoms with Crippen molar-refractivity contribution in [2.75, 3.05) is 6.61 Å². The Hall–Kier alpha value is -0.500. The molecular formula is C12H15BrO. The molecule has 0 N–H and O–H groups in total. The lowest BCUT2D eigenvalue weighted by Gasteiger charge is -2.12. The van der Waals surface area contributed by atoms with Gasteiger partial charge < -0.3 is 4.74 Å². The first kappa shape index (κ1) is 10.0. The molecule has 1 aromatic carbocycles. The molecule has 2 heteroatoms. The Balaban J connectivity index is 2.45. The van der Waals surface area contributed by atoms with E-state index < -0.39 is 0 Å². The third-order valence-electron chi connectivity index (χ3n) is 2.79. The minimum absolute atomic E-state index is 0.507. The average molecular weight is 255 g/mol. The smallest absolute Gasteiger partial charge is 0.123 e. The normalized spacial score (nSPS) is 24.8. The summed E-state index contributed by atoms with van der Waals surface area (Å²) in [5, 5.41) is 0. The Morgan fingerprint density at radius 2 is 2.29 bits per heavy atom. The van der Waals surface area contributed by atoms with E-state index >= 15 is 0 Å². The molecule has 0 spiro atoms. The van der Waals surface area contributed by atoms with Gasteiger partial charge in [0, 0.05) is 10.4 Å². The minimum atomic E-state index is 0.507. The number of hydrogen-bond acceptors (Lipinski definition) is 1. The molecule has 0 aliphatic heterocycles. The summed E-state index contributed by atoms with van der Waals surface area (Å²) in [5.41, 5.74) is 2.81. The van der Waals surface area contributed by atoms with Gasteiger partial charge in [-0.15, -0.1) is 0 Å². The Morgan fingerprint density at radius 1 is 1.50 bits per heavy atom. The molecule has 0 aromatic heterocycles. The first-order valence-electron chi connectivity index (χ1n) is 5.13. The predicted molar refractivity (Wildman–Crippen MR) is 62.3 cm³/mol. The van der Waals surface area contributed by atoms with Gasteiger partial charge in [-0.1, -0.05) is 35.0 Å². The van der Waals surface area contributed by atoms with Crippen LogP contribution in [0.3, 0.4) is 0 Å². The molecule has 76 valence electrons. The molecule has 2 atom stereocenters. The lowest BCUT2D eigenvalue weighted by Crippen LogP contribution is -1.97. The van der Waals surface area contributed by atoms with Crippen molar-refractivity contribution in [3.63, 3.8) is 0 Å². The number of fused-ring (bicyclic) bond motifs is 1. The SMILES string of the molecule is CCOc1cccc2c1C(C)CC2Br. The molecular weight excluding hydrogens is 240 g/mol. The average Bonchev–Trinajstić information content (AvgIpc) is 2.44. The molecule has 2 rings (SSSR count). The summed E-state index contributed by atoms with van der Waals surface area (Å²) >= 11 is 3.71. The lowest BCUT2D eigenvalue weighted by molar-refractivity contribution is 0.335. The van der Waals surface area contributed by atoms with Crippen molar-refractivity contribution in [2.24, 2.45) is 0 Å². The standard InChI is InChI=1S/C12H15BrO/c1-3-14-11-6-4-5-9-10(13)7-8(2)12(9)11/h4-6,8,10H,3,7H2,1-2H3. The van der Waals surface area contributed by atoms with Crippen LogP contribution in [0.25, 0.3) is 0 Å². The topological polar surface area (TPSA) is 9.23 Å². The van der Waals surface area contributed by atoms with E-state index in [1.54, 1.807) is 0 Å². The van der Waals surface area contributed by atoms with Gasteiger partial charge in [-0.2, -0.15) is 0 Å². The maximum absolute atomic E-state index is 5.65. The van der Waals surface area contributed by atoms with Crippen molar-refractivity contribution in [3.8, 4) is 5.75 Å². The Labute approximate surface area is 93.6 Å². The molecule has 0 radical (unpaired) electrons. The molecule has 1 aromatic rings. The number of alkyl halides is 1. The van der Waals surface area contributed by atoms with E-state index in [2.05, 4.69) is 41.1 Å². The number of ether oxygens (including phenoxy) is 1. The number of halogens is 1. The van der Waals surface area contributed by atoms with Gasteiger partial charge in [0.1, 0.15) is 5.75 Å². The molecule has 0 fully saturated rings. The van der Waals surface area contributed by atoms with Crippen molar-refractivity contribution in [3.05, 3.63) is 29.3 Å². The molecule has 1 aliphatic rings. The highest BCUT2D eigenvalue weighted by Crippen LogP contribution is 2.48. The van der Waals surface area contributed by atoms with Crippen LogP contribution in [0.1, 0.15) is 42.1 Å². The molecule has 0 bridgehead atoms. The second-order valence-electron chi connectivity index (χ2n) is 3.80. The van der Waals surface area contributed by atoms with Crippen LogP contribution in [-0.4, -0.2) is 6.61 Å². The van der Waals surface area contributed by atoms with Gasteiger partial charge in [-0.25, -0.2) is 0 Å². The molecule has 14 heavy (non-hydrogen) atoms. The van der Waals surface area contributed by atoms with Crippen LogP contribution in [0.4, 0.5) is 0 Å². The Bertz CT molecular complexity index is 335. The van der Waals surface area contributed by atoms with Gasteiger partial charge in [0.2, 0.25) is 0 Å². The summed E-state index contributed by atoms with van der Waals surface area (Å²) in [6.07, 6.45) is 1.18. The van der Waals surface area contributed by atoms with Crippen molar-refractivity contribution >= 4 is 15.9 Å². The monoisotopic (exact) mass is 254 g/mol. The Morgan fingerprint density at radius 3 is 3.00 bits per heavy atom. The summed E-state index contributed by atoms with van der Waals surface area (Å²) < 4.78 is 5.65. The summed E-state index contributed by atoms with van der Waals surface area (Å²) in [5.74, 6) is 1.68. The molecule has 1 nitrogen and oxygen atoms in total. The highest BCUT2D eigenvalue weighted by Gasteiger charge is 2.28. The van der Waals surface area contributed by atoms with E-state index in [0.29, 0.717) is 10.7 Å². The second-order valence-corrected chi connectivity index (χ2v) is 4.90.